The lowest BCUT2D eigenvalue weighted by atomic mass is 10.1. The number of aliphatic hydroxyl groups is 1. The average molecular weight is 265 g/mol. The normalized spacial score (nSPS) is 10.0. The van der Waals surface area contributed by atoms with Gasteiger partial charge in [0.25, 0.3) is 0 Å². The number of rotatable bonds is 7. The van der Waals surface area contributed by atoms with E-state index in [1.54, 1.807) is 6.07 Å². The molecule has 1 rings (SSSR count). The lowest BCUT2D eigenvalue weighted by molar-refractivity contribution is -0.123. The maximum atomic E-state index is 11.6. The molecule has 0 aliphatic rings. The standard InChI is InChI=1S/C13H19N3O3/c14-8-12(18)15-9-13(19)16-11-5-1-3-10(7-11)4-2-6-17/h1,3,5,7,17H,2,4,6,8-9,14H2,(H,15,18)(H,16,19). The fraction of sp³-hybridized carbons (Fsp3) is 0.385. The molecule has 0 radical (unpaired) electrons. The molecule has 1 aromatic rings. The van der Waals surface area contributed by atoms with E-state index in [1.165, 1.54) is 0 Å². The Balaban J connectivity index is 2.47. The topological polar surface area (TPSA) is 104 Å². The van der Waals surface area contributed by atoms with Gasteiger partial charge in [0.05, 0.1) is 13.1 Å². The Hall–Kier alpha value is -1.92. The van der Waals surface area contributed by atoms with E-state index in [0.717, 1.165) is 12.0 Å². The van der Waals surface area contributed by atoms with Crippen molar-refractivity contribution < 1.29 is 14.7 Å². The number of nitrogens with two attached hydrogens (primary N) is 1. The van der Waals surface area contributed by atoms with Gasteiger partial charge in [0.15, 0.2) is 0 Å². The fourth-order valence-corrected chi connectivity index (χ4v) is 1.54. The van der Waals surface area contributed by atoms with Crippen molar-refractivity contribution in [2.24, 2.45) is 5.73 Å². The van der Waals surface area contributed by atoms with Crippen LogP contribution in [-0.4, -0.2) is 36.6 Å². The van der Waals surface area contributed by atoms with Gasteiger partial charge in [-0.05, 0) is 30.5 Å². The van der Waals surface area contributed by atoms with E-state index in [1.807, 2.05) is 18.2 Å². The van der Waals surface area contributed by atoms with Gasteiger partial charge in [0.1, 0.15) is 0 Å². The van der Waals surface area contributed by atoms with E-state index in [2.05, 4.69) is 10.6 Å². The van der Waals surface area contributed by atoms with Gasteiger partial charge >= 0.3 is 0 Å². The Morgan fingerprint density at radius 2 is 2.05 bits per heavy atom. The summed E-state index contributed by atoms with van der Waals surface area (Å²) in [6, 6.07) is 7.38. The van der Waals surface area contributed by atoms with Crippen molar-refractivity contribution in [3.8, 4) is 0 Å². The second-order valence-corrected chi connectivity index (χ2v) is 4.06. The van der Waals surface area contributed by atoms with E-state index in [9.17, 15) is 9.59 Å². The first-order valence-electron chi connectivity index (χ1n) is 6.12. The van der Waals surface area contributed by atoms with Gasteiger partial charge in [-0.1, -0.05) is 12.1 Å². The predicted octanol–water partition coefficient (Wildman–Crippen LogP) is -0.375. The first-order valence-corrected chi connectivity index (χ1v) is 6.12. The average Bonchev–Trinajstić information content (AvgIpc) is 2.43. The Morgan fingerprint density at radius 3 is 2.74 bits per heavy atom. The van der Waals surface area contributed by atoms with Gasteiger partial charge in [-0.2, -0.15) is 0 Å². The molecule has 0 unspecified atom stereocenters. The quantitative estimate of drug-likeness (QED) is 0.539. The highest BCUT2D eigenvalue weighted by Crippen LogP contribution is 2.11. The number of benzene rings is 1. The number of aliphatic hydroxyl groups excluding tert-OH is 1. The molecule has 0 saturated carbocycles. The first kappa shape index (κ1) is 15.1. The van der Waals surface area contributed by atoms with Crippen molar-refractivity contribution in [3.05, 3.63) is 29.8 Å². The highest BCUT2D eigenvalue weighted by Gasteiger charge is 2.04. The maximum Gasteiger partial charge on any atom is 0.243 e. The predicted molar refractivity (Wildman–Crippen MR) is 72.5 cm³/mol. The van der Waals surface area contributed by atoms with E-state index in [0.29, 0.717) is 12.1 Å². The number of anilines is 1. The van der Waals surface area contributed by atoms with Crippen LogP contribution in [0, 0.1) is 0 Å². The molecule has 0 aliphatic carbocycles. The van der Waals surface area contributed by atoms with Crippen molar-refractivity contribution in [2.75, 3.05) is 25.0 Å². The van der Waals surface area contributed by atoms with Gasteiger partial charge in [-0.25, -0.2) is 0 Å². The summed E-state index contributed by atoms with van der Waals surface area (Å²) in [5, 5.41) is 13.8. The summed E-state index contributed by atoms with van der Waals surface area (Å²) in [6.45, 7) is -0.0947. The van der Waals surface area contributed by atoms with Crippen LogP contribution in [0.2, 0.25) is 0 Å². The molecule has 1 aromatic carbocycles. The number of carbonyl (C=O) groups is 2. The minimum atomic E-state index is -0.369. The molecule has 2 amide bonds. The van der Waals surface area contributed by atoms with Gasteiger partial charge in [0, 0.05) is 12.3 Å². The second kappa shape index (κ2) is 8.23. The van der Waals surface area contributed by atoms with Gasteiger partial charge < -0.3 is 21.5 Å². The molecule has 6 heteroatoms. The van der Waals surface area contributed by atoms with Crippen LogP contribution in [-0.2, 0) is 16.0 Å². The largest absolute Gasteiger partial charge is 0.396 e. The summed E-state index contributed by atoms with van der Waals surface area (Å²) in [6.07, 6.45) is 1.44. The molecule has 104 valence electrons. The number of carbonyl (C=O) groups excluding carboxylic acids is 2. The van der Waals surface area contributed by atoms with Crippen LogP contribution in [0.5, 0.6) is 0 Å². The first-order chi connectivity index (χ1) is 9.15. The van der Waals surface area contributed by atoms with Crippen LogP contribution in [0.4, 0.5) is 5.69 Å². The zero-order valence-corrected chi connectivity index (χ0v) is 10.7. The number of amides is 2. The third-order valence-electron chi connectivity index (χ3n) is 2.47. The molecule has 0 atom stereocenters. The molecule has 0 spiro atoms. The lowest BCUT2D eigenvalue weighted by Gasteiger charge is -2.08. The molecule has 5 N–H and O–H groups in total. The Labute approximate surface area is 112 Å². The minimum absolute atomic E-state index is 0.100. The molecule has 0 saturated heterocycles. The van der Waals surface area contributed by atoms with Crippen LogP contribution in [0.1, 0.15) is 12.0 Å². The van der Waals surface area contributed by atoms with Crippen LogP contribution in [0.25, 0.3) is 0 Å². The number of hydrogen-bond acceptors (Lipinski definition) is 4. The molecular weight excluding hydrogens is 246 g/mol. The van der Waals surface area contributed by atoms with Gasteiger partial charge in [0.2, 0.25) is 11.8 Å². The Morgan fingerprint density at radius 1 is 1.26 bits per heavy atom. The Kier molecular flexibility index (Phi) is 6.56. The number of hydrogen-bond donors (Lipinski definition) is 4. The van der Waals surface area contributed by atoms with Crippen LogP contribution >= 0.6 is 0 Å². The minimum Gasteiger partial charge on any atom is -0.396 e. The monoisotopic (exact) mass is 265 g/mol. The van der Waals surface area contributed by atoms with E-state index in [4.69, 9.17) is 10.8 Å². The number of aryl methyl sites for hydroxylation is 1. The lowest BCUT2D eigenvalue weighted by Crippen LogP contribution is -2.36. The third-order valence-corrected chi connectivity index (χ3v) is 2.47. The van der Waals surface area contributed by atoms with Crippen molar-refractivity contribution in [1.29, 1.82) is 0 Å². The molecular formula is C13H19N3O3. The molecule has 0 aliphatic heterocycles. The summed E-state index contributed by atoms with van der Waals surface area (Å²) in [4.78, 5) is 22.5. The zero-order chi connectivity index (χ0) is 14.1. The van der Waals surface area contributed by atoms with Gasteiger partial charge in [-0.15, -0.1) is 0 Å². The van der Waals surface area contributed by atoms with E-state index >= 15 is 0 Å². The molecule has 0 bridgehead atoms. The SMILES string of the molecule is NCC(=O)NCC(=O)Nc1cccc(CCCO)c1. The fourth-order valence-electron chi connectivity index (χ4n) is 1.54. The van der Waals surface area contributed by atoms with E-state index < -0.39 is 0 Å². The van der Waals surface area contributed by atoms with Crippen molar-refractivity contribution >= 4 is 17.5 Å². The van der Waals surface area contributed by atoms with Crippen molar-refractivity contribution in [1.82, 2.24) is 5.32 Å². The van der Waals surface area contributed by atoms with Crippen LogP contribution < -0.4 is 16.4 Å². The summed E-state index contributed by atoms with van der Waals surface area (Å²) in [7, 11) is 0. The maximum absolute atomic E-state index is 11.6. The smallest absolute Gasteiger partial charge is 0.243 e. The molecule has 0 fully saturated rings. The summed E-state index contributed by atoms with van der Waals surface area (Å²) >= 11 is 0. The van der Waals surface area contributed by atoms with Crippen molar-refractivity contribution in [2.45, 2.75) is 12.8 Å². The summed E-state index contributed by atoms with van der Waals surface area (Å²) in [5.74, 6) is -0.673. The highest BCUT2D eigenvalue weighted by atomic mass is 16.3. The van der Waals surface area contributed by atoms with E-state index in [-0.39, 0.29) is 31.5 Å². The number of nitrogens with one attached hydrogen (secondary N) is 2. The molecule has 19 heavy (non-hydrogen) atoms. The third kappa shape index (κ3) is 5.98. The van der Waals surface area contributed by atoms with Crippen LogP contribution in [0.3, 0.4) is 0 Å². The molecule has 0 aromatic heterocycles. The summed E-state index contributed by atoms with van der Waals surface area (Å²) in [5.41, 5.74) is 6.82. The van der Waals surface area contributed by atoms with Gasteiger partial charge in [-0.3, -0.25) is 9.59 Å². The van der Waals surface area contributed by atoms with Crippen LogP contribution in [0.15, 0.2) is 24.3 Å². The molecule has 6 nitrogen and oxygen atoms in total. The summed E-state index contributed by atoms with van der Waals surface area (Å²) < 4.78 is 0. The van der Waals surface area contributed by atoms with Crippen molar-refractivity contribution in [3.63, 3.8) is 0 Å². The Bertz CT molecular complexity index is 435. The molecule has 0 heterocycles. The highest BCUT2D eigenvalue weighted by molar-refractivity contribution is 5.94. The zero-order valence-electron chi connectivity index (χ0n) is 10.7. The second-order valence-electron chi connectivity index (χ2n) is 4.06.